The van der Waals surface area contributed by atoms with E-state index in [-0.39, 0.29) is 30.1 Å². The number of nitrogens with one attached hydrogen (secondary N) is 1. The molecule has 0 radical (unpaired) electrons. The number of imide groups is 1. The van der Waals surface area contributed by atoms with Crippen LogP contribution in [0, 0.1) is 5.92 Å². The van der Waals surface area contributed by atoms with Gasteiger partial charge in [-0.05, 0) is 47.9 Å². The summed E-state index contributed by atoms with van der Waals surface area (Å²) in [6.07, 6.45) is 7.96. The number of methoxy groups -OCH3 is 3. The zero-order valence-electron chi connectivity index (χ0n) is 18.8. The molecule has 0 atom stereocenters. The normalized spacial score (nSPS) is 17.8. The number of ether oxygens (including phenoxy) is 3. The van der Waals surface area contributed by atoms with Crippen LogP contribution in [-0.4, -0.2) is 56.4 Å². The molecule has 1 heterocycles. The fourth-order valence-electron chi connectivity index (χ4n) is 4.06. The number of carbonyl (C=O) groups is 3. The highest BCUT2D eigenvalue weighted by Gasteiger charge is 2.34. The van der Waals surface area contributed by atoms with Crippen molar-refractivity contribution < 1.29 is 28.6 Å². The molecule has 3 rings (SSSR count). The van der Waals surface area contributed by atoms with Crippen LogP contribution in [0.2, 0.25) is 0 Å². The zero-order chi connectivity index (χ0) is 23.1. The molecule has 32 heavy (non-hydrogen) atoms. The summed E-state index contributed by atoms with van der Waals surface area (Å²) >= 11 is 0.872. The first-order valence-corrected chi connectivity index (χ1v) is 11.6. The molecule has 0 aromatic heterocycles. The number of thioether (sulfide) groups is 1. The molecule has 1 aromatic carbocycles. The lowest BCUT2D eigenvalue weighted by molar-refractivity contribution is -0.124. The molecule has 0 bridgehead atoms. The molecule has 2 fully saturated rings. The van der Waals surface area contributed by atoms with Crippen LogP contribution >= 0.6 is 11.8 Å². The van der Waals surface area contributed by atoms with E-state index in [0.717, 1.165) is 23.1 Å². The largest absolute Gasteiger partial charge is 0.493 e. The van der Waals surface area contributed by atoms with Gasteiger partial charge >= 0.3 is 0 Å². The van der Waals surface area contributed by atoms with E-state index in [0.29, 0.717) is 40.1 Å². The Balaban J connectivity index is 1.58. The van der Waals surface area contributed by atoms with Gasteiger partial charge in [0.25, 0.3) is 11.1 Å². The Bertz CT molecular complexity index is 869. The molecule has 3 amide bonds. The van der Waals surface area contributed by atoms with Crippen molar-refractivity contribution in [2.45, 2.75) is 38.5 Å². The number of hydrogen-bond donors (Lipinski definition) is 1. The second-order valence-electron chi connectivity index (χ2n) is 7.83. The van der Waals surface area contributed by atoms with Crippen molar-refractivity contribution in [3.8, 4) is 17.2 Å². The minimum Gasteiger partial charge on any atom is -0.493 e. The van der Waals surface area contributed by atoms with Crippen LogP contribution in [0.25, 0.3) is 6.08 Å². The van der Waals surface area contributed by atoms with Gasteiger partial charge in [0.15, 0.2) is 11.5 Å². The Labute approximate surface area is 192 Å². The van der Waals surface area contributed by atoms with Crippen molar-refractivity contribution in [3.63, 3.8) is 0 Å². The Hall–Kier alpha value is -2.68. The number of hydrogen-bond acceptors (Lipinski definition) is 7. The number of amides is 3. The maximum absolute atomic E-state index is 12.7. The van der Waals surface area contributed by atoms with Gasteiger partial charge in [0.05, 0.1) is 26.2 Å². The fraction of sp³-hybridized carbons (Fsp3) is 0.522. The maximum atomic E-state index is 12.7. The number of rotatable bonds is 10. The molecule has 1 saturated carbocycles. The maximum Gasteiger partial charge on any atom is 0.293 e. The first kappa shape index (κ1) is 24.0. The van der Waals surface area contributed by atoms with E-state index in [9.17, 15) is 14.4 Å². The third kappa shape index (κ3) is 5.76. The minimum atomic E-state index is -0.381. The van der Waals surface area contributed by atoms with Crippen molar-refractivity contribution in [3.05, 3.63) is 22.6 Å². The lowest BCUT2D eigenvalue weighted by Crippen LogP contribution is -2.37. The van der Waals surface area contributed by atoms with E-state index in [1.54, 1.807) is 18.2 Å². The van der Waals surface area contributed by atoms with Gasteiger partial charge in [0, 0.05) is 19.5 Å². The Morgan fingerprint density at radius 2 is 1.78 bits per heavy atom. The predicted octanol–water partition coefficient (Wildman–Crippen LogP) is 3.84. The standard InChI is InChI=1S/C23H30N2O6S/c1-29-17-12-16(13-18(30-2)21(17)31-3)14-19-22(27)25(23(28)32-19)11-10-24-20(26)9-8-15-6-4-5-7-15/h12-15H,4-11H2,1-3H3,(H,24,26). The van der Waals surface area contributed by atoms with E-state index in [2.05, 4.69) is 5.32 Å². The molecule has 8 nitrogen and oxygen atoms in total. The molecule has 0 spiro atoms. The topological polar surface area (TPSA) is 94.2 Å². The van der Waals surface area contributed by atoms with Gasteiger partial charge < -0.3 is 19.5 Å². The van der Waals surface area contributed by atoms with Gasteiger partial charge in [-0.3, -0.25) is 19.3 Å². The van der Waals surface area contributed by atoms with Crippen molar-refractivity contribution >= 4 is 34.9 Å². The number of benzene rings is 1. The minimum absolute atomic E-state index is 0.0307. The molecule has 0 unspecified atom stereocenters. The average Bonchev–Trinajstić information content (AvgIpc) is 3.40. The van der Waals surface area contributed by atoms with Gasteiger partial charge in [-0.15, -0.1) is 0 Å². The quantitative estimate of drug-likeness (QED) is 0.528. The van der Waals surface area contributed by atoms with Crippen LogP contribution in [0.5, 0.6) is 17.2 Å². The molecular formula is C23H30N2O6S. The lowest BCUT2D eigenvalue weighted by atomic mass is 10.0. The van der Waals surface area contributed by atoms with E-state index in [1.165, 1.54) is 47.0 Å². The van der Waals surface area contributed by atoms with Crippen molar-refractivity contribution in [1.82, 2.24) is 10.2 Å². The van der Waals surface area contributed by atoms with Gasteiger partial charge in [0.1, 0.15) is 0 Å². The third-order valence-corrected chi connectivity index (χ3v) is 6.68. The highest BCUT2D eigenvalue weighted by Crippen LogP contribution is 2.40. The monoisotopic (exact) mass is 462 g/mol. The smallest absolute Gasteiger partial charge is 0.293 e. The third-order valence-electron chi connectivity index (χ3n) is 5.77. The van der Waals surface area contributed by atoms with Crippen molar-refractivity contribution in [2.24, 2.45) is 5.92 Å². The molecule has 2 aliphatic rings. The van der Waals surface area contributed by atoms with Gasteiger partial charge in [0.2, 0.25) is 11.7 Å². The summed E-state index contributed by atoms with van der Waals surface area (Å²) in [6.45, 7) is 0.394. The second-order valence-corrected chi connectivity index (χ2v) is 8.82. The van der Waals surface area contributed by atoms with Gasteiger partial charge in [-0.2, -0.15) is 0 Å². The zero-order valence-corrected chi connectivity index (χ0v) is 19.6. The van der Waals surface area contributed by atoms with Crippen LogP contribution in [0.15, 0.2) is 17.0 Å². The Morgan fingerprint density at radius 3 is 2.38 bits per heavy atom. The molecule has 9 heteroatoms. The van der Waals surface area contributed by atoms with E-state index in [4.69, 9.17) is 14.2 Å². The van der Waals surface area contributed by atoms with Gasteiger partial charge in [-0.25, -0.2) is 0 Å². The van der Waals surface area contributed by atoms with Crippen LogP contribution in [0.4, 0.5) is 4.79 Å². The van der Waals surface area contributed by atoms with E-state index in [1.807, 2.05) is 0 Å². The molecule has 1 saturated heterocycles. The summed E-state index contributed by atoms with van der Waals surface area (Å²) in [5, 5.41) is 2.47. The molecule has 1 aromatic rings. The Morgan fingerprint density at radius 1 is 1.12 bits per heavy atom. The molecule has 1 N–H and O–H groups in total. The summed E-state index contributed by atoms with van der Waals surface area (Å²) in [5.41, 5.74) is 0.644. The van der Waals surface area contributed by atoms with Crippen molar-refractivity contribution in [1.29, 1.82) is 0 Å². The highest BCUT2D eigenvalue weighted by atomic mass is 32.2. The predicted molar refractivity (Wildman–Crippen MR) is 123 cm³/mol. The van der Waals surface area contributed by atoms with Crippen LogP contribution in [0.3, 0.4) is 0 Å². The van der Waals surface area contributed by atoms with Crippen molar-refractivity contribution in [2.75, 3.05) is 34.4 Å². The van der Waals surface area contributed by atoms with Crippen LogP contribution < -0.4 is 19.5 Å². The second kappa shape index (κ2) is 11.3. The fourth-order valence-corrected chi connectivity index (χ4v) is 4.92. The van der Waals surface area contributed by atoms with Crippen LogP contribution in [-0.2, 0) is 9.59 Å². The summed E-state index contributed by atoms with van der Waals surface area (Å²) < 4.78 is 16.0. The Kier molecular flexibility index (Phi) is 8.44. The highest BCUT2D eigenvalue weighted by molar-refractivity contribution is 8.18. The first-order chi connectivity index (χ1) is 15.5. The van der Waals surface area contributed by atoms with Crippen LogP contribution in [0.1, 0.15) is 44.1 Å². The molecule has 1 aliphatic carbocycles. The number of carbonyl (C=O) groups excluding carboxylic acids is 3. The summed E-state index contributed by atoms with van der Waals surface area (Å²) in [6, 6.07) is 3.42. The summed E-state index contributed by atoms with van der Waals surface area (Å²) in [5.74, 6) is 1.60. The van der Waals surface area contributed by atoms with Gasteiger partial charge in [-0.1, -0.05) is 25.7 Å². The molecule has 1 aliphatic heterocycles. The summed E-state index contributed by atoms with van der Waals surface area (Å²) in [4.78, 5) is 38.6. The summed E-state index contributed by atoms with van der Waals surface area (Å²) in [7, 11) is 4.53. The average molecular weight is 463 g/mol. The SMILES string of the molecule is COc1cc(C=C2SC(=O)N(CCNC(=O)CCC3CCCC3)C2=O)cc(OC)c1OC. The lowest BCUT2D eigenvalue weighted by Gasteiger charge is -2.14. The van der Waals surface area contributed by atoms with E-state index >= 15 is 0 Å². The van der Waals surface area contributed by atoms with E-state index < -0.39 is 0 Å². The first-order valence-electron chi connectivity index (χ1n) is 10.8. The number of nitrogens with zero attached hydrogens (tertiary/aromatic N) is 1. The molecular weight excluding hydrogens is 432 g/mol. The molecule has 174 valence electrons.